The van der Waals surface area contributed by atoms with Gasteiger partial charge in [0.05, 0.1) is 31.2 Å². The van der Waals surface area contributed by atoms with Gasteiger partial charge < -0.3 is 18.5 Å². The standard InChI is InChI=1S/C19H27N3O3/c1-21-14-20-18-10-22(8-16-4-7-24-12-16)9-17(19(18)21)13-25-11-15-2-5-23-6-3-15/h4,7,12,14-15,17H,2-3,5-6,8-11,13H2,1H3/t17-/m1/s1. The lowest BCUT2D eigenvalue weighted by Crippen LogP contribution is -2.36. The van der Waals surface area contributed by atoms with Gasteiger partial charge in [-0.1, -0.05) is 0 Å². The van der Waals surface area contributed by atoms with E-state index in [0.29, 0.717) is 11.8 Å². The van der Waals surface area contributed by atoms with E-state index in [-0.39, 0.29) is 0 Å². The maximum atomic E-state index is 6.14. The molecule has 4 heterocycles. The van der Waals surface area contributed by atoms with Crippen LogP contribution in [0.2, 0.25) is 0 Å². The molecule has 25 heavy (non-hydrogen) atoms. The number of hydrogen-bond acceptors (Lipinski definition) is 5. The van der Waals surface area contributed by atoms with Gasteiger partial charge in [0, 0.05) is 63.7 Å². The highest BCUT2D eigenvalue weighted by molar-refractivity contribution is 5.22. The normalized spacial score (nSPS) is 22.2. The number of rotatable bonds is 6. The highest BCUT2D eigenvalue weighted by atomic mass is 16.5. The molecule has 4 rings (SSSR count). The maximum Gasteiger partial charge on any atom is 0.0949 e. The van der Waals surface area contributed by atoms with E-state index in [1.54, 1.807) is 6.26 Å². The van der Waals surface area contributed by atoms with Crippen LogP contribution < -0.4 is 0 Å². The zero-order chi connectivity index (χ0) is 17.1. The van der Waals surface area contributed by atoms with Crippen molar-refractivity contribution in [3.63, 3.8) is 0 Å². The first kappa shape index (κ1) is 16.8. The Balaban J connectivity index is 1.38. The van der Waals surface area contributed by atoms with Crippen molar-refractivity contribution in [3.05, 3.63) is 41.9 Å². The molecule has 0 aromatic carbocycles. The summed E-state index contributed by atoms with van der Waals surface area (Å²) in [5.74, 6) is 1.01. The van der Waals surface area contributed by atoms with Gasteiger partial charge in [-0.25, -0.2) is 4.98 Å². The minimum Gasteiger partial charge on any atom is -0.472 e. The average molecular weight is 345 g/mol. The lowest BCUT2D eigenvalue weighted by Gasteiger charge is -2.33. The van der Waals surface area contributed by atoms with Crippen molar-refractivity contribution in [1.29, 1.82) is 0 Å². The van der Waals surface area contributed by atoms with Gasteiger partial charge in [-0.15, -0.1) is 0 Å². The molecule has 0 radical (unpaired) electrons. The number of imidazole rings is 1. The first-order chi connectivity index (χ1) is 12.3. The quantitative estimate of drug-likeness (QED) is 0.805. The molecule has 0 N–H and O–H groups in total. The zero-order valence-corrected chi connectivity index (χ0v) is 14.9. The van der Waals surface area contributed by atoms with E-state index in [0.717, 1.165) is 58.9 Å². The molecule has 0 saturated carbocycles. The summed E-state index contributed by atoms with van der Waals surface area (Å²) in [6.07, 6.45) is 7.73. The third-order valence-electron chi connectivity index (χ3n) is 5.30. The predicted octanol–water partition coefficient (Wildman–Crippen LogP) is 2.56. The van der Waals surface area contributed by atoms with Gasteiger partial charge >= 0.3 is 0 Å². The Labute approximate surface area is 148 Å². The lowest BCUT2D eigenvalue weighted by atomic mass is 9.98. The van der Waals surface area contributed by atoms with Crippen molar-refractivity contribution in [3.8, 4) is 0 Å². The first-order valence-corrected chi connectivity index (χ1v) is 9.18. The number of aromatic nitrogens is 2. The Kier molecular flexibility index (Phi) is 5.20. The SMILES string of the molecule is Cn1cnc2c1[C@@H](COCC1CCOCC1)CN(Cc1ccoc1)C2. The van der Waals surface area contributed by atoms with Crippen molar-refractivity contribution >= 4 is 0 Å². The van der Waals surface area contributed by atoms with Crippen LogP contribution >= 0.6 is 0 Å². The van der Waals surface area contributed by atoms with Crippen molar-refractivity contribution in [2.24, 2.45) is 13.0 Å². The van der Waals surface area contributed by atoms with E-state index in [1.807, 2.05) is 18.7 Å². The maximum absolute atomic E-state index is 6.14. The van der Waals surface area contributed by atoms with Crippen LogP contribution in [0.1, 0.15) is 35.7 Å². The molecule has 6 heteroatoms. The molecule has 0 spiro atoms. The monoisotopic (exact) mass is 345 g/mol. The summed E-state index contributed by atoms with van der Waals surface area (Å²) >= 11 is 0. The number of furan rings is 1. The molecule has 1 fully saturated rings. The Morgan fingerprint density at radius 3 is 2.96 bits per heavy atom. The third-order valence-corrected chi connectivity index (χ3v) is 5.30. The second-order valence-corrected chi connectivity index (χ2v) is 7.28. The molecule has 2 aromatic rings. The number of ether oxygens (including phenoxy) is 2. The predicted molar refractivity (Wildman–Crippen MR) is 93.1 cm³/mol. The second kappa shape index (κ2) is 7.72. The minimum absolute atomic E-state index is 0.364. The van der Waals surface area contributed by atoms with Gasteiger partial charge in [0.1, 0.15) is 0 Å². The van der Waals surface area contributed by atoms with Crippen LogP contribution in [0.25, 0.3) is 0 Å². The highest BCUT2D eigenvalue weighted by Crippen LogP contribution is 2.29. The van der Waals surface area contributed by atoms with Crippen LogP contribution in [0.4, 0.5) is 0 Å². The first-order valence-electron chi connectivity index (χ1n) is 9.18. The van der Waals surface area contributed by atoms with Gasteiger partial charge in [-0.3, -0.25) is 4.90 Å². The Morgan fingerprint density at radius 1 is 1.28 bits per heavy atom. The molecule has 6 nitrogen and oxygen atoms in total. The molecule has 1 atom stereocenters. The summed E-state index contributed by atoms with van der Waals surface area (Å²) in [4.78, 5) is 7.04. The van der Waals surface area contributed by atoms with Crippen LogP contribution in [-0.4, -0.2) is 47.4 Å². The number of aryl methyl sites for hydroxylation is 1. The van der Waals surface area contributed by atoms with Crippen LogP contribution in [0, 0.1) is 5.92 Å². The molecule has 1 saturated heterocycles. The summed E-state index contributed by atoms with van der Waals surface area (Å²) in [5.41, 5.74) is 3.72. The number of nitrogens with zero attached hydrogens (tertiary/aromatic N) is 3. The Bertz CT molecular complexity index is 662. The molecule has 136 valence electrons. The van der Waals surface area contributed by atoms with Crippen LogP contribution in [-0.2, 0) is 29.6 Å². The van der Waals surface area contributed by atoms with E-state index < -0.39 is 0 Å². The van der Waals surface area contributed by atoms with Crippen LogP contribution in [0.3, 0.4) is 0 Å². The fourth-order valence-corrected chi connectivity index (χ4v) is 3.99. The lowest BCUT2D eigenvalue weighted by molar-refractivity contribution is 0.0127. The fourth-order valence-electron chi connectivity index (χ4n) is 3.99. The Hall–Kier alpha value is -1.63. The summed E-state index contributed by atoms with van der Waals surface area (Å²) < 4.78 is 18.9. The van der Waals surface area contributed by atoms with E-state index in [9.17, 15) is 0 Å². The number of fused-ring (bicyclic) bond motifs is 1. The van der Waals surface area contributed by atoms with Crippen molar-refractivity contribution in [2.45, 2.75) is 31.8 Å². The highest BCUT2D eigenvalue weighted by Gasteiger charge is 2.29. The van der Waals surface area contributed by atoms with Gasteiger partial charge in [-0.2, -0.15) is 0 Å². The summed E-state index contributed by atoms with van der Waals surface area (Å²) in [7, 11) is 2.09. The largest absolute Gasteiger partial charge is 0.472 e. The van der Waals surface area contributed by atoms with E-state index in [2.05, 4.69) is 21.5 Å². The summed E-state index contributed by atoms with van der Waals surface area (Å²) in [6, 6.07) is 2.03. The van der Waals surface area contributed by atoms with Crippen LogP contribution in [0.5, 0.6) is 0 Å². The molecule has 2 aromatic heterocycles. The fraction of sp³-hybridized carbons (Fsp3) is 0.632. The smallest absolute Gasteiger partial charge is 0.0949 e. The topological polar surface area (TPSA) is 52.7 Å². The van der Waals surface area contributed by atoms with E-state index in [1.165, 1.54) is 17.0 Å². The van der Waals surface area contributed by atoms with Crippen LogP contribution in [0.15, 0.2) is 29.3 Å². The summed E-state index contributed by atoms with van der Waals surface area (Å²) in [5, 5.41) is 0. The van der Waals surface area contributed by atoms with Crippen molar-refractivity contribution in [2.75, 3.05) is 33.0 Å². The molecule has 0 bridgehead atoms. The summed E-state index contributed by atoms with van der Waals surface area (Å²) in [6.45, 7) is 6.12. The van der Waals surface area contributed by atoms with Crippen molar-refractivity contribution < 1.29 is 13.9 Å². The molecule has 0 aliphatic carbocycles. The van der Waals surface area contributed by atoms with Gasteiger partial charge in [-0.05, 0) is 24.8 Å². The minimum atomic E-state index is 0.364. The molecular weight excluding hydrogens is 318 g/mol. The van der Waals surface area contributed by atoms with Gasteiger partial charge in [0.2, 0.25) is 0 Å². The number of hydrogen-bond donors (Lipinski definition) is 0. The third kappa shape index (κ3) is 3.97. The molecule has 0 unspecified atom stereocenters. The molecule has 0 amide bonds. The second-order valence-electron chi connectivity index (χ2n) is 7.28. The Morgan fingerprint density at radius 2 is 2.16 bits per heavy atom. The molecular formula is C19H27N3O3. The van der Waals surface area contributed by atoms with Gasteiger partial charge in [0.15, 0.2) is 0 Å². The van der Waals surface area contributed by atoms with Gasteiger partial charge in [0.25, 0.3) is 0 Å². The van der Waals surface area contributed by atoms with E-state index in [4.69, 9.17) is 13.9 Å². The van der Waals surface area contributed by atoms with E-state index >= 15 is 0 Å². The molecule has 2 aliphatic heterocycles. The zero-order valence-electron chi connectivity index (χ0n) is 14.9. The van der Waals surface area contributed by atoms with Crippen molar-refractivity contribution in [1.82, 2.24) is 14.5 Å². The molecule has 2 aliphatic rings. The average Bonchev–Trinajstić information content (AvgIpc) is 3.26.